The molecule has 0 aromatic heterocycles. The number of nitrogens with zero attached hydrogens (tertiary/aromatic N) is 1. The van der Waals surface area contributed by atoms with Crippen molar-refractivity contribution in [2.45, 2.75) is 0 Å². The number of hydrogen-bond donors (Lipinski definition) is 3. The van der Waals surface area contributed by atoms with Crippen molar-refractivity contribution >= 4 is 29.0 Å². The fourth-order valence-electron chi connectivity index (χ4n) is 1.87. The lowest BCUT2D eigenvalue weighted by Gasteiger charge is -2.10. The minimum atomic E-state index is -1.55. The Morgan fingerprint density at radius 2 is 1.55 bits per heavy atom. The summed E-state index contributed by atoms with van der Waals surface area (Å²) in [4.78, 5) is 32.5. The molecule has 0 aliphatic rings. The number of carboxylic acid groups (broad SMARTS) is 2. The van der Waals surface area contributed by atoms with Gasteiger partial charge in [0.05, 0.1) is 16.1 Å². The minimum absolute atomic E-state index is 0.0985. The van der Waals surface area contributed by atoms with E-state index in [4.69, 9.17) is 10.2 Å². The van der Waals surface area contributed by atoms with Gasteiger partial charge in [-0.05, 0) is 18.2 Å². The molecule has 0 radical (unpaired) electrons. The Hall–Kier alpha value is -3.42. The summed E-state index contributed by atoms with van der Waals surface area (Å²) in [5, 5.41) is 31.9. The fraction of sp³-hybridized carbons (Fsp3) is 0. The Labute approximate surface area is 123 Å². The van der Waals surface area contributed by atoms with Gasteiger partial charge in [-0.1, -0.05) is 18.2 Å². The van der Waals surface area contributed by atoms with E-state index in [0.717, 1.165) is 12.1 Å². The minimum Gasteiger partial charge on any atom is -0.478 e. The molecule has 2 rings (SSSR count). The largest absolute Gasteiger partial charge is 0.478 e. The third kappa shape index (κ3) is 3.01. The normalized spacial score (nSPS) is 10.0. The maximum atomic E-state index is 11.2. The molecule has 8 heteroatoms. The predicted molar refractivity (Wildman–Crippen MR) is 76.7 cm³/mol. The zero-order valence-corrected chi connectivity index (χ0v) is 11.0. The Bertz CT molecular complexity index is 757. The van der Waals surface area contributed by atoms with E-state index in [1.54, 1.807) is 30.3 Å². The highest BCUT2D eigenvalue weighted by Crippen LogP contribution is 2.31. The first-order chi connectivity index (χ1) is 10.4. The number of carbonyl (C=O) groups is 2. The second kappa shape index (κ2) is 5.92. The highest BCUT2D eigenvalue weighted by atomic mass is 16.6. The predicted octanol–water partition coefficient (Wildman–Crippen LogP) is 2.73. The van der Waals surface area contributed by atoms with Crippen LogP contribution in [0.5, 0.6) is 0 Å². The molecule has 0 saturated carbocycles. The monoisotopic (exact) mass is 302 g/mol. The lowest BCUT2D eigenvalue weighted by Crippen LogP contribution is -2.10. The molecular formula is C14H10N2O6. The lowest BCUT2D eigenvalue weighted by molar-refractivity contribution is -0.383. The quantitative estimate of drug-likeness (QED) is 0.571. The average molecular weight is 302 g/mol. The molecule has 8 nitrogen and oxygen atoms in total. The summed E-state index contributed by atoms with van der Waals surface area (Å²) >= 11 is 0. The first kappa shape index (κ1) is 15.0. The van der Waals surface area contributed by atoms with E-state index in [2.05, 4.69) is 5.32 Å². The Morgan fingerprint density at radius 1 is 1.00 bits per heavy atom. The van der Waals surface area contributed by atoms with Gasteiger partial charge in [-0.15, -0.1) is 0 Å². The van der Waals surface area contributed by atoms with E-state index >= 15 is 0 Å². The van der Waals surface area contributed by atoms with E-state index in [1.165, 1.54) is 0 Å². The molecule has 0 bridgehead atoms. The van der Waals surface area contributed by atoms with E-state index < -0.39 is 33.7 Å². The van der Waals surface area contributed by atoms with Gasteiger partial charge < -0.3 is 15.5 Å². The van der Waals surface area contributed by atoms with Crippen LogP contribution in [0.2, 0.25) is 0 Å². The van der Waals surface area contributed by atoms with Crippen LogP contribution >= 0.6 is 0 Å². The van der Waals surface area contributed by atoms with Crippen molar-refractivity contribution in [1.82, 2.24) is 0 Å². The third-order valence-corrected chi connectivity index (χ3v) is 2.85. The average Bonchev–Trinajstić information content (AvgIpc) is 2.47. The molecule has 22 heavy (non-hydrogen) atoms. The first-order valence-electron chi connectivity index (χ1n) is 6.01. The van der Waals surface area contributed by atoms with Crippen molar-refractivity contribution in [3.8, 4) is 0 Å². The molecule has 2 aromatic carbocycles. The molecule has 0 heterocycles. The number of nitrogens with one attached hydrogen (secondary N) is 1. The van der Waals surface area contributed by atoms with Gasteiger partial charge in [0.15, 0.2) is 0 Å². The summed E-state index contributed by atoms with van der Waals surface area (Å²) in [6.07, 6.45) is 0. The zero-order chi connectivity index (χ0) is 16.3. The summed E-state index contributed by atoms with van der Waals surface area (Å²) in [6, 6.07) is 10.1. The molecule has 0 aliphatic carbocycles. The van der Waals surface area contributed by atoms with Gasteiger partial charge >= 0.3 is 11.9 Å². The zero-order valence-electron chi connectivity index (χ0n) is 11.0. The molecule has 112 valence electrons. The third-order valence-electron chi connectivity index (χ3n) is 2.85. The fourth-order valence-corrected chi connectivity index (χ4v) is 1.87. The second-order valence-electron chi connectivity index (χ2n) is 4.27. The van der Waals surface area contributed by atoms with E-state index in [0.29, 0.717) is 5.69 Å². The van der Waals surface area contributed by atoms with Crippen LogP contribution in [0.15, 0.2) is 42.5 Å². The number of anilines is 2. The van der Waals surface area contributed by atoms with Gasteiger partial charge in [0, 0.05) is 11.8 Å². The van der Waals surface area contributed by atoms with Gasteiger partial charge in [0.1, 0.15) is 5.69 Å². The number of nitro benzene ring substituents is 1. The lowest BCUT2D eigenvalue weighted by atomic mass is 10.0. The number of carboxylic acids is 2. The van der Waals surface area contributed by atoms with Crippen LogP contribution in [0, 0.1) is 10.1 Å². The molecule has 0 saturated heterocycles. The summed E-state index contributed by atoms with van der Waals surface area (Å²) in [6.45, 7) is 0. The van der Waals surface area contributed by atoms with Gasteiger partial charge in [-0.25, -0.2) is 9.59 Å². The number of hydrogen-bond acceptors (Lipinski definition) is 5. The summed E-state index contributed by atoms with van der Waals surface area (Å²) in [5.74, 6) is -3.03. The highest BCUT2D eigenvalue weighted by molar-refractivity contribution is 6.03. The van der Waals surface area contributed by atoms with Crippen LogP contribution < -0.4 is 5.32 Å². The Kier molecular flexibility index (Phi) is 4.03. The SMILES string of the molecule is O=C(O)c1cc(Nc2ccccc2)c([N+](=O)[O-])cc1C(=O)O. The van der Waals surface area contributed by atoms with Crippen molar-refractivity contribution in [2.75, 3.05) is 5.32 Å². The maximum absolute atomic E-state index is 11.2. The van der Waals surface area contributed by atoms with E-state index in [-0.39, 0.29) is 5.69 Å². The molecule has 0 fully saturated rings. The van der Waals surface area contributed by atoms with Crippen LogP contribution in [-0.2, 0) is 0 Å². The summed E-state index contributed by atoms with van der Waals surface area (Å²) in [5.41, 5.74) is -1.29. The Morgan fingerprint density at radius 3 is 2.05 bits per heavy atom. The molecule has 2 aromatic rings. The van der Waals surface area contributed by atoms with Gasteiger partial charge in [0.25, 0.3) is 5.69 Å². The van der Waals surface area contributed by atoms with Crippen molar-refractivity contribution in [1.29, 1.82) is 0 Å². The molecule has 0 unspecified atom stereocenters. The van der Waals surface area contributed by atoms with E-state index in [1.807, 2.05) is 0 Å². The van der Waals surface area contributed by atoms with Crippen molar-refractivity contribution in [3.05, 3.63) is 63.7 Å². The van der Waals surface area contributed by atoms with Gasteiger partial charge in [-0.3, -0.25) is 10.1 Å². The number of para-hydroxylation sites is 1. The van der Waals surface area contributed by atoms with Crippen LogP contribution in [0.4, 0.5) is 17.1 Å². The highest BCUT2D eigenvalue weighted by Gasteiger charge is 2.24. The number of aromatic carboxylic acids is 2. The molecule has 0 atom stereocenters. The smallest absolute Gasteiger partial charge is 0.336 e. The molecule has 0 spiro atoms. The molecular weight excluding hydrogens is 292 g/mol. The van der Waals surface area contributed by atoms with Gasteiger partial charge in [-0.2, -0.15) is 0 Å². The Balaban J connectivity index is 2.61. The second-order valence-corrected chi connectivity index (χ2v) is 4.27. The van der Waals surface area contributed by atoms with Crippen molar-refractivity contribution in [3.63, 3.8) is 0 Å². The standard InChI is InChI=1S/C14H10N2O6/c17-13(18)9-6-11(15-8-4-2-1-3-5-8)12(16(21)22)7-10(9)14(19)20/h1-7,15H,(H,17,18)(H,19,20). The number of benzene rings is 2. The maximum Gasteiger partial charge on any atom is 0.336 e. The van der Waals surface area contributed by atoms with Crippen LogP contribution in [-0.4, -0.2) is 27.1 Å². The van der Waals surface area contributed by atoms with E-state index in [9.17, 15) is 19.7 Å². The molecule has 0 amide bonds. The van der Waals surface area contributed by atoms with Crippen LogP contribution in [0.25, 0.3) is 0 Å². The topological polar surface area (TPSA) is 130 Å². The molecule has 3 N–H and O–H groups in total. The van der Waals surface area contributed by atoms with Gasteiger partial charge in [0.2, 0.25) is 0 Å². The number of rotatable bonds is 5. The number of nitro groups is 1. The van der Waals surface area contributed by atoms with Crippen LogP contribution in [0.1, 0.15) is 20.7 Å². The van der Waals surface area contributed by atoms with Crippen LogP contribution in [0.3, 0.4) is 0 Å². The summed E-state index contributed by atoms with van der Waals surface area (Å²) in [7, 11) is 0. The first-order valence-corrected chi connectivity index (χ1v) is 6.01. The molecule has 0 aliphatic heterocycles. The van der Waals surface area contributed by atoms with Crippen molar-refractivity contribution in [2.24, 2.45) is 0 Å². The van der Waals surface area contributed by atoms with Crippen molar-refractivity contribution < 1.29 is 24.7 Å². The summed E-state index contributed by atoms with van der Waals surface area (Å²) < 4.78 is 0.